The first-order valence-corrected chi connectivity index (χ1v) is 5.60. The Balaban J connectivity index is 2.14. The zero-order chi connectivity index (χ0) is 13.2. The van der Waals surface area contributed by atoms with E-state index >= 15 is 0 Å². The van der Waals surface area contributed by atoms with Gasteiger partial charge in [0, 0.05) is 20.3 Å². The van der Waals surface area contributed by atoms with Gasteiger partial charge in [0.05, 0.1) is 6.61 Å². The molecular formula is C12H16FNO4. The summed E-state index contributed by atoms with van der Waals surface area (Å²) in [6.45, 7) is 1.59. The highest BCUT2D eigenvalue weighted by Gasteiger charge is 2.09. The van der Waals surface area contributed by atoms with E-state index in [4.69, 9.17) is 14.2 Å². The summed E-state index contributed by atoms with van der Waals surface area (Å²) in [4.78, 5) is 14.8. The second-order valence-corrected chi connectivity index (χ2v) is 3.44. The molecular weight excluding hydrogens is 241 g/mol. The van der Waals surface area contributed by atoms with Crippen molar-refractivity contribution in [2.75, 3.05) is 33.5 Å². The van der Waals surface area contributed by atoms with Crippen molar-refractivity contribution in [2.24, 2.45) is 0 Å². The average molecular weight is 257 g/mol. The lowest BCUT2D eigenvalue weighted by Gasteiger charge is -2.05. The fraction of sp³-hybridized carbons (Fsp3) is 0.500. The van der Waals surface area contributed by atoms with E-state index in [0.717, 1.165) is 12.5 Å². The van der Waals surface area contributed by atoms with Crippen molar-refractivity contribution in [3.05, 3.63) is 29.8 Å². The van der Waals surface area contributed by atoms with E-state index in [1.807, 2.05) is 0 Å². The van der Waals surface area contributed by atoms with Crippen LogP contribution < -0.4 is 0 Å². The fourth-order valence-corrected chi connectivity index (χ4v) is 1.20. The number of hydrogen-bond donors (Lipinski definition) is 0. The van der Waals surface area contributed by atoms with Crippen LogP contribution in [0.25, 0.3) is 0 Å². The minimum Gasteiger partial charge on any atom is -0.459 e. The Labute approximate surface area is 105 Å². The first-order valence-electron chi connectivity index (χ1n) is 5.60. The van der Waals surface area contributed by atoms with E-state index in [1.54, 1.807) is 7.11 Å². The number of rotatable bonds is 8. The Morgan fingerprint density at radius 2 is 2.11 bits per heavy atom. The van der Waals surface area contributed by atoms with Crippen LogP contribution in [-0.4, -0.2) is 44.5 Å². The molecule has 0 saturated carbocycles. The van der Waals surface area contributed by atoms with Crippen molar-refractivity contribution < 1.29 is 23.4 Å². The van der Waals surface area contributed by atoms with Gasteiger partial charge in [-0.15, -0.1) is 0 Å². The summed E-state index contributed by atoms with van der Waals surface area (Å²) in [5.74, 6) is -1.37. The van der Waals surface area contributed by atoms with Crippen molar-refractivity contribution in [1.82, 2.24) is 4.98 Å². The number of carbonyl (C=O) groups is 1. The van der Waals surface area contributed by atoms with Crippen molar-refractivity contribution in [2.45, 2.75) is 6.42 Å². The Hall–Kier alpha value is -1.53. The second kappa shape index (κ2) is 8.54. The number of ether oxygens (including phenoxy) is 3. The lowest BCUT2D eigenvalue weighted by Crippen LogP contribution is -2.13. The molecule has 1 aromatic rings. The van der Waals surface area contributed by atoms with E-state index in [-0.39, 0.29) is 12.3 Å². The van der Waals surface area contributed by atoms with Gasteiger partial charge in [-0.3, -0.25) is 0 Å². The highest BCUT2D eigenvalue weighted by Crippen LogP contribution is 2.00. The van der Waals surface area contributed by atoms with Gasteiger partial charge in [0.25, 0.3) is 0 Å². The second-order valence-electron chi connectivity index (χ2n) is 3.44. The van der Waals surface area contributed by atoms with Gasteiger partial charge in [-0.2, -0.15) is 4.39 Å². The van der Waals surface area contributed by atoms with E-state index in [9.17, 15) is 9.18 Å². The van der Waals surface area contributed by atoms with Crippen molar-refractivity contribution in [3.8, 4) is 0 Å². The number of halogens is 1. The third-order valence-corrected chi connectivity index (χ3v) is 2.02. The summed E-state index contributed by atoms with van der Waals surface area (Å²) in [6, 6.07) is 3.96. The van der Waals surface area contributed by atoms with Crippen molar-refractivity contribution in [3.63, 3.8) is 0 Å². The van der Waals surface area contributed by atoms with Gasteiger partial charge in [-0.1, -0.05) is 6.07 Å². The molecule has 0 radical (unpaired) electrons. The molecule has 5 nitrogen and oxygen atoms in total. The summed E-state index contributed by atoms with van der Waals surface area (Å²) >= 11 is 0. The third kappa shape index (κ3) is 5.70. The molecule has 0 unspecified atom stereocenters. The monoisotopic (exact) mass is 257 g/mol. The zero-order valence-corrected chi connectivity index (χ0v) is 10.2. The average Bonchev–Trinajstić information content (AvgIpc) is 2.37. The highest BCUT2D eigenvalue weighted by molar-refractivity contribution is 5.87. The van der Waals surface area contributed by atoms with Gasteiger partial charge < -0.3 is 14.2 Å². The summed E-state index contributed by atoms with van der Waals surface area (Å²) in [5.41, 5.74) is -0.0469. The summed E-state index contributed by atoms with van der Waals surface area (Å²) < 4.78 is 27.6. The molecule has 18 heavy (non-hydrogen) atoms. The van der Waals surface area contributed by atoms with Gasteiger partial charge in [0.1, 0.15) is 6.61 Å². The maximum Gasteiger partial charge on any atom is 0.357 e. The maximum absolute atomic E-state index is 12.7. The predicted molar refractivity (Wildman–Crippen MR) is 61.8 cm³/mol. The number of pyridine rings is 1. The molecule has 1 aromatic heterocycles. The third-order valence-electron chi connectivity index (χ3n) is 2.02. The lowest BCUT2D eigenvalue weighted by atomic mass is 10.3. The molecule has 0 fully saturated rings. The first kappa shape index (κ1) is 14.5. The van der Waals surface area contributed by atoms with Crippen LogP contribution in [0.15, 0.2) is 18.2 Å². The molecule has 0 aliphatic rings. The van der Waals surface area contributed by atoms with Gasteiger partial charge in [0.15, 0.2) is 5.69 Å². The molecule has 0 saturated heterocycles. The van der Waals surface area contributed by atoms with E-state index in [2.05, 4.69) is 4.98 Å². The Kier molecular flexibility index (Phi) is 6.90. The van der Waals surface area contributed by atoms with Crippen LogP contribution in [0.1, 0.15) is 16.9 Å². The topological polar surface area (TPSA) is 57.7 Å². The largest absolute Gasteiger partial charge is 0.459 e. The quantitative estimate of drug-likeness (QED) is 0.400. The number of aromatic nitrogens is 1. The fourth-order valence-electron chi connectivity index (χ4n) is 1.20. The molecule has 0 aliphatic heterocycles. The zero-order valence-electron chi connectivity index (χ0n) is 10.2. The maximum atomic E-state index is 12.7. The molecule has 0 bridgehead atoms. The van der Waals surface area contributed by atoms with Gasteiger partial charge in [-0.05, 0) is 18.6 Å². The molecule has 1 heterocycles. The molecule has 0 amide bonds. The molecule has 1 rings (SSSR count). The summed E-state index contributed by atoms with van der Waals surface area (Å²) in [7, 11) is 1.62. The van der Waals surface area contributed by atoms with Crippen molar-refractivity contribution >= 4 is 5.97 Å². The van der Waals surface area contributed by atoms with Gasteiger partial charge in [0.2, 0.25) is 5.95 Å². The van der Waals surface area contributed by atoms with Crippen LogP contribution >= 0.6 is 0 Å². The standard InChI is InChI=1S/C12H16FNO4/c1-16-6-3-7-17-8-9-18-12(15)10-4-2-5-11(13)14-10/h2,4-5H,3,6-9H2,1H3. The molecule has 100 valence electrons. The Bertz CT molecular complexity index is 373. The first-order chi connectivity index (χ1) is 8.74. The molecule has 0 aliphatic carbocycles. The molecule has 0 aromatic carbocycles. The van der Waals surface area contributed by atoms with Crippen LogP contribution in [0.5, 0.6) is 0 Å². The normalized spacial score (nSPS) is 10.3. The summed E-state index contributed by atoms with van der Waals surface area (Å²) in [6.07, 6.45) is 0.788. The molecule has 0 atom stereocenters. The minimum absolute atomic E-state index is 0.0469. The predicted octanol–water partition coefficient (Wildman–Crippen LogP) is 1.43. The van der Waals surface area contributed by atoms with Gasteiger partial charge in [-0.25, -0.2) is 9.78 Å². The number of nitrogens with zero attached hydrogens (tertiary/aromatic N) is 1. The van der Waals surface area contributed by atoms with E-state index in [0.29, 0.717) is 19.8 Å². The summed E-state index contributed by atoms with van der Waals surface area (Å²) in [5, 5.41) is 0. The van der Waals surface area contributed by atoms with Crippen LogP contribution in [-0.2, 0) is 14.2 Å². The number of hydrogen-bond acceptors (Lipinski definition) is 5. The van der Waals surface area contributed by atoms with E-state index < -0.39 is 11.9 Å². The SMILES string of the molecule is COCCCOCCOC(=O)c1cccc(F)n1. The molecule has 0 N–H and O–H groups in total. The van der Waals surface area contributed by atoms with Crippen LogP contribution in [0, 0.1) is 5.95 Å². The van der Waals surface area contributed by atoms with Gasteiger partial charge >= 0.3 is 5.97 Å². The van der Waals surface area contributed by atoms with Crippen LogP contribution in [0.3, 0.4) is 0 Å². The minimum atomic E-state index is -0.708. The molecule has 0 spiro atoms. The smallest absolute Gasteiger partial charge is 0.357 e. The Morgan fingerprint density at radius 1 is 1.28 bits per heavy atom. The van der Waals surface area contributed by atoms with E-state index in [1.165, 1.54) is 12.1 Å². The molecule has 6 heteroatoms. The highest BCUT2D eigenvalue weighted by atomic mass is 19.1. The van der Waals surface area contributed by atoms with Crippen LogP contribution in [0.4, 0.5) is 4.39 Å². The number of methoxy groups -OCH3 is 1. The Morgan fingerprint density at radius 3 is 2.83 bits per heavy atom. The number of esters is 1. The lowest BCUT2D eigenvalue weighted by molar-refractivity contribution is 0.0282. The van der Waals surface area contributed by atoms with Crippen molar-refractivity contribution in [1.29, 1.82) is 0 Å². The van der Waals surface area contributed by atoms with Crippen LogP contribution in [0.2, 0.25) is 0 Å². The number of carbonyl (C=O) groups excluding carboxylic acids is 1.